The number of benzene rings is 3. The number of urea groups is 1. The maximum Gasteiger partial charge on any atom is 0.442 e. The number of rotatable bonds is 7. The highest BCUT2D eigenvalue weighted by Crippen LogP contribution is 2.54. The Kier molecular flexibility index (Phi) is 7.80. The summed E-state index contributed by atoms with van der Waals surface area (Å²) >= 11 is 0. The van der Waals surface area contributed by atoms with Crippen LogP contribution in [0, 0.1) is 0 Å². The molecular formula is C28H21F6N3O2. The van der Waals surface area contributed by atoms with Gasteiger partial charge in [-0.3, -0.25) is 4.98 Å². The minimum atomic E-state index is -5.90. The Hall–Kier alpha value is -4.54. The van der Waals surface area contributed by atoms with Crippen molar-refractivity contribution < 1.29 is 35.9 Å². The molecule has 202 valence electrons. The van der Waals surface area contributed by atoms with Crippen molar-refractivity contribution >= 4 is 11.7 Å². The molecule has 0 aliphatic carbocycles. The molecule has 0 spiro atoms. The highest BCUT2D eigenvalue weighted by Gasteiger charge is 2.74. The molecule has 5 nitrogen and oxygen atoms in total. The number of nitrogens with one attached hydrogen (secondary N) is 2. The third kappa shape index (κ3) is 5.97. The SMILES string of the molecule is O=C(NCc1cccnc1)Nc1ccc(C(Oc2ccccc2-c2ccccc2)(C(F)(F)F)C(F)(F)F)cc1. The summed E-state index contributed by atoms with van der Waals surface area (Å²) < 4.78 is 91.5. The van der Waals surface area contributed by atoms with Crippen LogP contribution >= 0.6 is 0 Å². The van der Waals surface area contributed by atoms with Crippen LogP contribution in [0.3, 0.4) is 0 Å². The molecule has 1 aromatic heterocycles. The number of aromatic nitrogens is 1. The van der Waals surface area contributed by atoms with Crippen molar-refractivity contribution in [3.8, 4) is 16.9 Å². The van der Waals surface area contributed by atoms with Crippen LogP contribution in [0.5, 0.6) is 5.75 Å². The third-order valence-corrected chi connectivity index (χ3v) is 5.76. The van der Waals surface area contributed by atoms with Crippen molar-refractivity contribution in [3.63, 3.8) is 0 Å². The predicted octanol–water partition coefficient (Wildman–Crippen LogP) is 7.47. The fraction of sp³-hybridized carbons (Fsp3) is 0.143. The van der Waals surface area contributed by atoms with Crippen LogP contribution in [0.15, 0.2) is 103 Å². The van der Waals surface area contributed by atoms with Crippen LogP contribution in [0.1, 0.15) is 11.1 Å². The highest BCUT2D eigenvalue weighted by molar-refractivity contribution is 5.89. The molecule has 0 unspecified atom stereocenters. The number of carbonyl (C=O) groups is 1. The van der Waals surface area contributed by atoms with Gasteiger partial charge in [-0.1, -0.05) is 66.7 Å². The van der Waals surface area contributed by atoms with E-state index in [1.807, 2.05) is 0 Å². The maximum absolute atomic E-state index is 14.4. The van der Waals surface area contributed by atoms with E-state index < -0.39 is 35.3 Å². The summed E-state index contributed by atoms with van der Waals surface area (Å²) in [5.74, 6) is -0.602. The van der Waals surface area contributed by atoms with Gasteiger partial charge >= 0.3 is 24.0 Å². The van der Waals surface area contributed by atoms with Crippen molar-refractivity contribution in [1.82, 2.24) is 10.3 Å². The minimum absolute atomic E-state index is 0.0228. The number of carbonyl (C=O) groups excluding carboxylic acids is 1. The Labute approximate surface area is 219 Å². The van der Waals surface area contributed by atoms with Crippen LogP contribution < -0.4 is 15.4 Å². The van der Waals surface area contributed by atoms with E-state index in [0.29, 0.717) is 23.3 Å². The smallest absolute Gasteiger partial charge is 0.442 e. The largest absolute Gasteiger partial charge is 0.464 e. The first-order chi connectivity index (χ1) is 18.5. The number of hydrogen-bond donors (Lipinski definition) is 2. The van der Waals surface area contributed by atoms with Crippen LogP contribution in [-0.4, -0.2) is 23.4 Å². The number of halogens is 6. The topological polar surface area (TPSA) is 63.2 Å². The van der Waals surface area contributed by atoms with E-state index in [2.05, 4.69) is 15.6 Å². The van der Waals surface area contributed by atoms with Gasteiger partial charge in [0.15, 0.2) is 0 Å². The summed E-state index contributed by atoms with van der Waals surface area (Å²) in [6.45, 7) is 0.109. The molecule has 0 saturated carbocycles. The number of para-hydroxylation sites is 1. The second kappa shape index (κ2) is 11.1. The van der Waals surface area contributed by atoms with Gasteiger partial charge in [0.2, 0.25) is 0 Å². The van der Waals surface area contributed by atoms with Crippen molar-refractivity contribution in [2.24, 2.45) is 0 Å². The Balaban J connectivity index is 1.65. The predicted molar refractivity (Wildman–Crippen MR) is 133 cm³/mol. The van der Waals surface area contributed by atoms with Gasteiger partial charge in [-0.05, 0) is 35.4 Å². The molecule has 0 radical (unpaired) electrons. The zero-order valence-electron chi connectivity index (χ0n) is 20.1. The molecule has 0 aliphatic heterocycles. The van der Waals surface area contributed by atoms with E-state index in [0.717, 1.165) is 18.2 Å². The van der Waals surface area contributed by atoms with Crippen molar-refractivity contribution in [2.45, 2.75) is 24.5 Å². The molecule has 4 rings (SSSR count). The molecule has 0 atom stereocenters. The Morgan fingerprint density at radius 2 is 1.41 bits per heavy atom. The number of ether oxygens (including phenoxy) is 1. The fourth-order valence-electron chi connectivity index (χ4n) is 3.89. The highest BCUT2D eigenvalue weighted by atomic mass is 19.4. The lowest BCUT2D eigenvalue weighted by molar-refractivity contribution is -0.365. The molecule has 4 aromatic rings. The molecule has 3 aromatic carbocycles. The molecule has 2 amide bonds. The molecule has 2 N–H and O–H groups in total. The minimum Gasteiger partial charge on any atom is -0.464 e. The molecule has 0 bridgehead atoms. The number of amides is 2. The van der Waals surface area contributed by atoms with Crippen molar-refractivity contribution in [3.05, 3.63) is 115 Å². The zero-order chi connectivity index (χ0) is 28.1. The van der Waals surface area contributed by atoms with E-state index in [9.17, 15) is 31.1 Å². The summed E-state index contributed by atoms with van der Waals surface area (Å²) in [5, 5.41) is 4.90. The molecular weight excluding hydrogens is 524 g/mol. The molecule has 0 aliphatic rings. The van der Waals surface area contributed by atoms with Crippen LogP contribution in [-0.2, 0) is 12.1 Å². The van der Waals surface area contributed by atoms with Crippen LogP contribution in [0.25, 0.3) is 11.1 Å². The summed E-state index contributed by atoms with van der Waals surface area (Å²) in [4.78, 5) is 16.1. The van der Waals surface area contributed by atoms with E-state index in [1.165, 1.54) is 24.4 Å². The molecule has 11 heteroatoms. The van der Waals surface area contributed by atoms with Gasteiger partial charge in [-0.25, -0.2) is 4.79 Å². The number of nitrogens with zero attached hydrogens (tertiary/aromatic N) is 1. The third-order valence-electron chi connectivity index (χ3n) is 5.76. The normalized spacial score (nSPS) is 12.1. The van der Waals surface area contributed by atoms with Gasteiger partial charge in [-0.2, -0.15) is 26.3 Å². The average molecular weight is 545 g/mol. The summed E-state index contributed by atoms with van der Waals surface area (Å²) in [5.41, 5.74) is -4.79. The van der Waals surface area contributed by atoms with Gasteiger partial charge < -0.3 is 15.4 Å². The monoisotopic (exact) mass is 545 g/mol. The fourth-order valence-corrected chi connectivity index (χ4v) is 3.89. The molecule has 1 heterocycles. The van der Waals surface area contributed by atoms with Crippen LogP contribution in [0.2, 0.25) is 0 Å². The van der Waals surface area contributed by atoms with Gasteiger partial charge in [0.05, 0.1) is 0 Å². The number of alkyl halides is 6. The number of pyridine rings is 1. The average Bonchev–Trinajstić information content (AvgIpc) is 2.91. The van der Waals surface area contributed by atoms with Crippen molar-refractivity contribution in [2.75, 3.05) is 5.32 Å². The lowest BCUT2D eigenvalue weighted by atomic mass is 9.91. The second-order valence-electron chi connectivity index (χ2n) is 8.39. The van der Waals surface area contributed by atoms with E-state index in [1.54, 1.807) is 48.7 Å². The van der Waals surface area contributed by atoms with Gasteiger partial charge in [-0.15, -0.1) is 0 Å². The summed E-state index contributed by atoms with van der Waals surface area (Å²) in [6, 6.07) is 19.0. The van der Waals surface area contributed by atoms with E-state index in [4.69, 9.17) is 4.74 Å². The first kappa shape index (κ1) is 27.5. The lowest BCUT2D eigenvalue weighted by Crippen LogP contribution is -2.58. The van der Waals surface area contributed by atoms with Crippen LogP contribution in [0.4, 0.5) is 36.8 Å². The number of anilines is 1. The van der Waals surface area contributed by atoms with Gasteiger partial charge in [0, 0.05) is 35.8 Å². The first-order valence-electron chi connectivity index (χ1n) is 11.5. The lowest BCUT2D eigenvalue weighted by Gasteiger charge is -2.38. The quantitative estimate of drug-likeness (QED) is 0.237. The first-order valence-corrected chi connectivity index (χ1v) is 11.5. The molecule has 0 fully saturated rings. The van der Waals surface area contributed by atoms with E-state index >= 15 is 0 Å². The second-order valence-corrected chi connectivity index (χ2v) is 8.39. The Morgan fingerprint density at radius 1 is 0.769 bits per heavy atom. The van der Waals surface area contributed by atoms with Gasteiger partial charge in [0.25, 0.3) is 0 Å². The maximum atomic E-state index is 14.4. The molecule has 0 saturated heterocycles. The molecule has 39 heavy (non-hydrogen) atoms. The van der Waals surface area contributed by atoms with E-state index in [-0.39, 0.29) is 17.8 Å². The standard InChI is InChI=1S/C28H21F6N3O2/c29-27(30,31)26(28(32,33)34,39-24-11-5-4-10-23(24)20-8-2-1-3-9-20)21-12-14-22(15-13-21)37-25(38)36-18-19-7-6-16-35-17-19/h1-17H,18H2,(H2,36,37,38). The van der Waals surface area contributed by atoms with Crippen molar-refractivity contribution in [1.29, 1.82) is 0 Å². The summed E-state index contributed by atoms with van der Waals surface area (Å²) in [6.07, 6.45) is -8.72. The zero-order valence-corrected chi connectivity index (χ0v) is 20.1. The Bertz CT molecular complexity index is 1380. The summed E-state index contributed by atoms with van der Waals surface area (Å²) in [7, 11) is 0. The van der Waals surface area contributed by atoms with Gasteiger partial charge in [0.1, 0.15) is 5.75 Å². The Morgan fingerprint density at radius 3 is 2.03 bits per heavy atom. The number of hydrogen-bond acceptors (Lipinski definition) is 3.